The Balaban J connectivity index is 1.36. The predicted molar refractivity (Wildman–Crippen MR) is 105 cm³/mol. The summed E-state index contributed by atoms with van der Waals surface area (Å²) in [5.41, 5.74) is 0.912. The van der Waals surface area contributed by atoms with Crippen molar-refractivity contribution in [1.82, 2.24) is 0 Å². The quantitative estimate of drug-likeness (QED) is 0.433. The SMILES string of the molecule is FCCC=CC1CCC(C2CCC(CCc3ccc(F)c(F)c3)CC2)CC1. The third-order valence-electron chi connectivity index (χ3n) is 6.88. The number of hydrogen-bond donors (Lipinski definition) is 0. The van der Waals surface area contributed by atoms with Gasteiger partial charge in [-0.25, -0.2) is 8.78 Å². The van der Waals surface area contributed by atoms with E-state index in [-0.39, 0.29) is 6.67 Å². The molecule has 0 spiro atoms. The van der Waals surface area contributed by atoms with Crippen LogP contribution in [0.5, 0.6) is 0 Å². The lowest BCUT2D eigenvalue weighted by atomic mass is 9.68. The molecule has 0 atom stereocenters. The molecule has 0 bridgehead atoms. The summed E-state index contributed by atoms with van der Waals surface area (Å²) in [5, 5.41) is 0. The van der Waals surface area contributed by atoms with E-state index in [2.05, 4.69) is 6.08 Å². The van der Waals surface area contributed by atoms with Gasteiger partial charge in [-0.15, -0.1) is 0 Å². The maximum absolute atomic E-state index is 13.3. The molecule has 0 nitrogen and oxygen atoms in total. The molecule has 1 aromatic rings. The van der Waals surface area contributed by atoms with E-state index in [1.165, 1.54) is 63.5 Å². The number of halogens is 3. The van der Waals surface area contributed by atoms with Gasteiger partial charge in [0.15, 0.2) is 11.6 Å². The van der Waals surface area contributed by atoms with Gasteiger partial charge in [-0.1, -0.05) is 31.1 Å². The number of hydrogen-bond acceptors (Lipinski definition) is 0. The van der Waals surface area contributed by atoms with Crippen molar-refractivity contribution in [3.05, 3.63) is 47.5 Å². The Hall–Kier alpha value is -1.25. The molecular formula is C24H33F3. The molecule has 1 aromatic carbocycles. The van der Waals surface area contributed by atoms with Crippen molar-refractivity contribution < 1.29 is 13.2 Å². The van der Waals surface area contributed by atoms with E-state index in [0.29, 0.717) is 12.3 Å². The molecule has 0 N–H and O–H groups in total. The molecule has 3 rings (SSSR count). The zero-order chi connectivity index (χ0) is 19.1. The molecule has 2 saturated carbocycles. The number of aryl methyl sites for hydroxylation is 1. The molecule has 0 heterocycles. The third kappa shape index (κ3) is 6.12. The smallest absolute Gasteiger partial charge is 0.159 e. The Morgan fingerprint density at radius 1 is 0.852 bits per heavy atom. The fourth-order valence-electron chi connectivity index (χ4n) is 5.17. The molecule has 0 aromatic heterocycles. The Labute approximate surface area is 162 Å². The molecule has 0 saturated heterocycles. The molecule has 3 heteroatoms. The molecular weight excluding hydrogens is 345 g/mol. The Bertz CT molecular complexity index is 594. The zero-order valence-corrected chi connectivity index (χ0v) is 16.3. The highest BCUT2D eigenvalue weighted by molar-refractivity contribution is 5.17. The van der Waals surface area contributed by atoms with E-state index in [0.717, 1.165) is 36.2 Å². The Morgan fingerprint density at radius 3 is 2.15 bits per heavy atom. The molecule has 2 fully saturated rings. The second kappa shape index (κ2) is 10.3. The molecule has 0 radical (unpaired) electrons. The van der Waals surface area contributed by atoms with Crippen LogP contribution in [-0.4, -0.2) is 6.67 Å². The molecule has 0 amide bonds. The van der Waals surface area contributed by atoms with Gasteiger partial charge in [-0.3, -0.25) is 4.39 Å². The average molecular weight is 379 g/mol. The van der Waals surface area contributed by atoms with Gasteiger partial charge in [0.25, 0.3) is 0 Å². The van der Waals surface area contributed by atoms with Crippen LogP contribution in [0.3, 0.4) is 0 Å². The van der Waals surface area contributed by atoms with Crippen LogP contribution in [-0.2, 0) is 6.42 Å². The molecule has 2 aliphatic rings. The first-order chi connectivity index (χ1) is 13.2. The van der Waals surface area contributed by atoms with Crippen molar-refractivity contribution in [2.45, 2.75) is 70.6 Å². The summed E-state index contributed by atoms with van der Waals surface area (Å²) in [4.78, 5) is 0. The lowest BCUT2D eigenvalue weighted by Gasteiger charge is -2.37. The van der Waals surface area contributed by atoms with Crippen molar-refractivity contribution in [2.24, 2.45) is 23.7 Å². The van der Waals surface area contributed by atoms with E-state index in [4.69, 9.17) is 0 Å². The number of allylic oxidation sites excluding steroid dienone is 2. The van der Waals surface area contributed by atoms with Crippen LogP contribution < -0.4 is 0 Å². The number of rotatable bonds is 7. The molecule has 0 aliphatic heterocycles. The van der Waals surface area contributed by atoms with Crippen LogP contribution in [0, 0.1) is 35.3 Å². The summed E-state index contributed by atoms with van der Waals surface area (Å²) < 4.78 is 38.5. The van der Waals surface area contributed by atoms with Gasteiger partial charge in [-0.2, -0.15) is 0 Å². The Morgan fingerprint density at radius 2 is 1.52 bits per heavy atom. The highest BCUT2D eigenvalue weighted by Gasteiger charge is 2.30. The second-order valence-corrected chi connectivity index (χ2v) is 8.65. The van der Waals surface area contributed by atoms with Crippen LogP contribution >= 0.6 is 0 Å². The summed E-state index contributed by atoms with van der Waals surface area (Å²) in [7, 11) is 0. The first kappa shape index (κ1) is 20.5. The minimum absolute atomic E-state index is 0.245. The molecule has 0 unspecified atom stereocenters. The minimum Gasteiger partial charge on any atom is -0.251 e. The largest absolute Gasteiger partial charge is 0.251 e. The normalized spacial score (nSPS) is 29.3. The monoisotopic (exact) mass is 378 g/mol. The van der Waals surface area contributed by atoms with Gasteiger partial charge in [-0.05, 0) is 99.2 Å². The number of benzene rings is 1. The van der Waals surface area contributed by atoms with Crippen molar-refractivity contribution in [2.75, 3.05) is 6.67 Å². The zero-order valence-electron chi connectivity index (χ0n) is 16.3. The maximum atomic E-state index is 13.3. The van der Waals surface area contributed by atoms with Crippen molar-refractivity contribution in [3.8, 4) is 0 Å². The fraction of sp³-hybridized carbons (Fsp3) is 0.667. The summed E-state index contributed by atoms with van der Waals surface area (Å²) in [6.07, 6.45) is 17.2. The summed E-state index contributed by atoms with van der Waals surface area (Å²) in [6, 6.07) is 4.30. The van der Waals surface area contributed by atoms with Crippen molar-refractivity contribution >= 4 is 0 Å². The van der Waals surface area contributed by atoms with Gasteiger partial charge in [0, 0.05) is 0 Å². The van der Waals surface area contributed by atoms with Gasteiger partial charge in [0.1, 0.15) is 0 Å². The lowest BCUT2D eigenvalue weighted by Crippen LogP contribution is -2.25. The molecule has 150 valence electrons. The van der Waals surface area contributed by atoms with Crippen LogP contribution in [0.15, 0.2) is 30.4 Å². The molecule has 27 heavy (non-hydrogen) atoms. The minimum atomic E-state index is -0.758. The summed E-state index contributed by atoms with van der Waals surface area (Å²) in [6.45, 7) is -0.245. The lowest BCUT2D eigenvalue weighted by molar-refractivity contribution is 0.152. The van der Waals surface area contributed by atoms with E-state index >= 15 is 0 Å². The van der Waals surface area contributed by atoms with E-state index in [1.807, 2.05) is 6.08 Å². The van der Waals surface area contributed by atoms with Crippen LogP contribution in [0.2, 0.25) is 0 Å². The van der Waals surface area contributed by atoms with Crippen LogP contribution in [0.4, 0.5) is 13.2 Å². The fourth-order valence-corrected chi connectivity index (χ4v) is 5.17. The first-order valence-electron chi connectivity index (χ1n) is 10.8. The maximum Gasteiger partial charge on any atom is 0.159 e. The second-order valence-electron chi connectivity index (χ2n) is 8.65. The molecule has 2 aliphatic carbocycles. The van der Waals surface area contributed by atoms with Crippen molar-refractivity contribution in [3.63, 3.8) is 0 Å². The van der Waals surface area contributed by atoms with Gasteiger partial charge in [0.2, 0.25) is 0 Å². The Kier molecular flexibility index (Phi) is 7.84. The topological polar surface area (TPSA) is 0 Å². The van der Waals surface area contributed by atoms with Gasteiger partial charge >= 0.3 is 0 Å². The van der Waals surface area contributed by atoms with E-state index in [1.54, 1.807) is 6.07 Å². The highest BCUT2D eigenvalue weighted by Crippen LogP contribution is 2.42. The highest BCUT2D eigenvalue weighted by atomic mass is 19.2. The van der Waals surface area contributed by atoms with Crippen LogP contribution in [0.1, 0.15) is 69.8 Å². The van der Waals surface area contributed by atoms with Crippen molar-refractivity contribution in [1.29, 1.82) is 0 Å². The van der Waals surface area contributed by atoms with Crippen LogP contribution in [0.25, 0.3) is 0 Å². The summed E-state index contributed by atoms with van der Waals surface area (Å²) in [5.74, 6) is 1.66. The number of alkyl halides is 1. The van der Waals surface area contributed by atoms with Gasteiger partial charge < -0.3 is 0 Å². The first-order valence-corrected chi connectivity index (χ1v) is 10.8. The van der Waals surface area contributed by atoms with E-state index in [9.17, 15) is 13.2 Å². The predicted octanol–water partition coefficient (Wildman–Crippen LogP) is 7.43. The summed E-state index contributed by atoms with van der Waals surface area (Å²) >= 11 is 0. The standard InChI is InChI=1S/C24H33F3/c25-16-2-1-3-18-6-11-21(12-7-18)22-13-8-19(9-14-22)4-5-20-10-15-23(26)24(27)17-20/h1,3,10,15,17-19,21-22H,2,4-9,11-14,16H2. The average Bonchev–Trinajstić information content (AvgIpc) is 2.70. The van der Waals surface area contributed by atoms with E-state index < -0.39 is 11.6 Å². The third-order valence-corrected chi connectivity index (χ3v) is 6.88. The van der Waals surface area contributed by atoms with Gasteiger partial charge in [0.05, 0.1) is 6.67 Å².